The number of benzene rings is 1. The van der Waals surface area contributed by atoms with E-state index in [1.807, 2.05) is 25.1 Å². The van der Waals surface area contributed by atoms with Gasteiger partial charge in [-0.25, -0.2) is 4.79 Å². The number of hydrogen-bond acceptors (Lipinski definition) is 2. The molecule has 18 heavy (non-hydrogen) atoms. The quantitative estimate of drug-likeness (QED) is 0.636. The summed E-state index contributed by atoms with van der Waals surface area (Å²) in [6.07, 6.45) is 2.74. The third-order valence-electron chi connectivity index (χ3n) is 2.72. The Morgan fingerprint density at radius 1 is 1.50 bits per heavy atom. The monoisotopic (exact) mass is 267 g/mol. The van der Waals surface area contributed by atoms with E-state index in [1.165, 1.54) is 0 Å². The first-order valence-electron chi connectivity index (χ1n) is 5.91. The maximum Gasteiger partial charge on any atom is 0.328 e. The van der Waals surface area contributed by atoms with Crippen LogP contribution in [0.2, 0.25) is 0 Å². The summed E-state index contributed by atoms with van der Waals surface area (Å²) in [5.74, 6) is -0.345. The molecule has 0 fully saturated rings. The Bertz CT molecular complexity index is 443. The Labute approximate surface area is 113 Å². The number of rotatable bonds is 6. The van der Waals surface area contributed by atoms with Crippen LogP contribution in [0.15, 0.2) is 24.3 Å². The van der Waals surface area contributed by atoms with Crippen molar-refractivity contribution in [2.45, 2.75) is 13.8 Å². The summed E-state index contributed by atoms with van der Waals surface area (Å²) in [4.78, 5) is 12.7. The highest BCUT2D eigenvalue weighted by molar-refractivity contribution is 6.18. The van der Waals surface area contributed by atoms with Gasteiger partial charge in [-0.3, -0.25) is 0 Å². The summed E-state index contributed by atoms with van der Waals surface area (Å²) >= 11 is 5.78. The SMILES string of the molecule is CCN(CCCl)c1ccc(C=CC(=O)O)cc1C. The van der Waals surface area contributed by atoms with Crippen molar-refractivity contribution < 1.29 is 9.90 Å². The van der Waals surface area contributed by atoms with Gasteiger partial charge in [-0.15, -0.1) is 11.6 Å². The van der Waals surface area contributed by atoms with Crippen LogP contribution in [-0.4, -0.2) is 30.0 Å². The van der Waals surface area contributed by atoms with Gasteiger partial charge in [0.1, 0.15) is 0 Å². The number of hydrogen-bond donors (Lipinski definition) is 1. The Balaban J connectivity index is 2.94. The summed E-state index contributed by atoms with van der Waals surface area (Å²) < 4.78 is 0. The van der Waals surface area contributed by atoms with Crippen molar-refractivity contribution in [3.8, 4) is 0 Å². The molecular formula is C14H18ClNO2. The highest BCUT2D eigenvalue weighted by Crippen LogP contribution is 2.21. The van der Waals surface area contributed by atoms with E-state index in [-0.39, 0.29) is 0 Å². The van der Waals surface area contributed by atoms with Crippen LogP contribution in [0.1, 0.15) is 18.1 Å². The zero-order valence-electron chi connectivity index (χ0n) is 10.7. The molecule has 1 aromatic carbocycles. The van der Waals surface area contributed by atoms with Crippen LogP contribution >= 0.6 is 11.6 Å². The van der Waals surface area contributed by atoms with Crippen molar-refractivity contribution in [1.82, 2.24) is 0 Å². The second-order valence-corrected chi connectivity index (χ2v) is 4.36. The number of halogens is 1. The zero-order valence-corrected chi connectivity index (χ0v) is 11.4. The van der Waals surface area contributed by atoms with Crippen molar-refractivity contribution in [1.29, 1.82) is 0 Å². The minimum Gasteiger partial charge on any atom is -0.478 e. The van der Waals surface area contributed by atoms with E-state index < -0.39 is 5.97 Å². The van der Waals surface area contributed by atoms with Gasteiger partial charge in [0, 0.05) is 30.7 Å². The maximum atomic E-state index is 10.5. The standard InChI is InChI=1S/C14H18ClNO2/c1-3-16(9-8-15)13-6-4-12(10-11(13)2)5-7-14(17)18/h4-7,10H,3,8-9H2,1-2H3,(H,17,18). The van der Waals surface area contributed by atoms with E-state index in [9.17, 15) is 4.79 Å². The van der Waals surface area contributed by atoms with Gasteiger partial charge < -0.3 is 10.0 Å². The first kappa shape index (κ1) is 14.6. The number of aliphatic carboxylic acids is 1. The molecule has 0 aliphatic carbocycles. The predicted molar refractivity (Wildman–Crippen MR) is 76.5 cm³/mol. The van der Waals surface area contributed by atoms with E-state index >= 15 is 0 Å². The second kappa shape index (κ2) is 7.07. The molecule has 0 aliphatic rings. The molecule has 0 bridgehead atoms. The van der Waals surface area contributed by atoms with Crippen molar-refractivity contribution in [3.05, 3.63) is 35.4 Å². The van der Waals surface area contributed by atoms with Crippen molar-refractivity contribution in [3.63, 3.8) is 0 Å². The first-order valence-corrected chi connectivity index (χ1v) is 6.44. The molecule has 0 atom stereocenters. The van der Waals surface area contributed by atoms with Gasteiger partial charge in [0.05, 0.1) is 0 Å². The second-order valence-electron chi connectivity index (χ2n) is 3.99. The largest absolute Gasteiger partial charge is 0.478 e. The molecule has 1 aromatic rings. The smallest absolute Gasteiger partial charge is 0.328 e. The molecular weight excluding hydrogens is 250 g/mol. The van der Waals surface area contributed by atoms with E-state index in [2.05, 4.69) is 11.8 Å². The topological polar surface area (TPSA) is 40.5 Å². The van der Waals surface area contributed by atoms with E-state index in [1.54, 1.807) is 6.08 Å². The maximum absolute atomic E-state index is 10.5. The van der Waals surface area contributed by atoms with Crippen LogP contribution in [-0.2, 0) is 4.79 Å². The molecule has 0 amide bonds. The summed E-state index contributed by atoms with van der Waals surface area (Å²) in [6.45, 7) is 5.82. The lowest BCUT2D eigenvalue weighted by atomic mass is 10.1. The number of nitrogens with zero attached hydrogens (tertiary/aromatic N) is 1. The normalized spacial score (nSPS) is 10.8. The number of carboxylic acids is 1. The average Bonchev–Trinajstić information content (AvgIpc) is 2.34. The van der Waals surface area contributed by atoms with Gasteiger partial charge in [-0.2, -0.15) is 0 Å². The first-order chi connectivity index (χ1) is 8.58. The third-order valence-corrected chi connectivity index (χ3v) is 2.89. The fourth-order valence-electron chi connectivity index (χ4n) is 1.86. The number of carbonyl (C=O) groups is 1. The molecule has 0 spiro atoms. The summed E-state index contributed by atoms with van der Waals surface area (Å²) in [7, 11) is 0. The Hall–Kier alpha value is -1.48. The lowest BCUT2D eigenvalue weighted by molar-refractivity contribution is -0.131. The minimum absolute atomic E-state index is 0.591. The fraction of sp³-hybridized carbons (Fsp3) is 0.357. The van der Waals surface area contributed by atoms with Crippen LogP contribution in [0.3, 0.4) is 0 Å². The third kappa shape index (κ3) is 4.08. The minimum atomic E-state index is -0.936. The van der Waals surface area contributed by atoms with Gasteiger partial charge in [0.2, 0.25) is 0 Å². The van der Waals surface area contributed by atoms with E-state index in [0.29, 0.717) is 5.88 Å². The molecule has 0 radical (unpaired) electrons. The van der Waals surface area contributed by atoms with Gasteiger partial charge >= 0.3 is 5.97 Å². The van der Waals surface area contributed by atoms with E-state index in [4.69, 9.17) is 16.7 Å². The van der Waals surface area contributed by atoms with E-state index in [0.717, 1.165) is 36.0 Å². The lowest BCUT2D eigenvalue weighted by Gasteiger charge is -2.24. The van der Waals surface area contributed by atoms with Gasteiger partial charge in [-0.1, -0.05) is 6.07 Å². The molecule has 0 saturated heterocycles. The Morgan fingerprint density at radius 3 is 2.72 bits per heavy atom. The number of aryl methyl sites for hydroxylation is 1. The molecule has 4 heteroatoms. The molecule has 0 unspecified atom stereocenters. The Morgan fingerprint density at radius 2 is 2.22 bits per heavy atom. The molecule has 1 rings (SSSR count). The number of alkyl halides is 1. The summed E-state index contributed by atoms with van der Waals surface area (Å²) in [6, 6.07) is 5.90. The molecule has 0 aromatic heterocycles. The number of carboxylic acid groups (broad SMARTS) is 1. The fourth-order valence-corrected chi connectivity index (χ4v) is 2.06. The average molecular weight is 268 g/mol. The highest BCUT2D eigenvalue weighted by atomic mass is 35.5. The van der Waals surface area contributed by atoms with Gasteiger partial charge in [0.25, 0.3) is 0 Å². The van der Waals surface area contributed by atoms with Crippen LogP contribution in [0, 0.1) is 6.92 Å². The molecule has 0 saturated carbocycles. The van der Waals surface area contributed by atoms with Crippen LogP contribution in [0.5, 0.6) is 0 Å². The van der Waals surface area contributed by atoms with Crippen molar-refractivity contribution in [2.24, 2.45) is 0 Å². The molecule has 0 aliphatic heterocycles. The molecule has 1 N–H and O–H groups in total. The molecule has 98 valence electrons. The summed E-state index contributed by atoms with van der Waals surface area (Å²) in [5.41, 5.74) is 3.15. The van der Waals surface area contributed by atoms with Crippen LogP contribution in [0.4, 0.5) is 5.69 Å². The van der Waals surface area contributed by atoms with Gasteiger partial charge in [0.15, 0.2) is 0 Å². The highest BCUT2D eigenvalue weighted by Gasteiger charge is 2.06. The summed E-state index contributed by atoms with van der Waals surface area (Å²) in [5, 5.41) is 8.59. The van der Waals surface area contributed by atoms with Crippen LogP contribution in [0.25, 0.3) is 6.08 Å². The lowest BCUT2D eigenvalue weighted by Crippen LogP contribution is -2.25. The van der Waals surface area contributed by atoms with Crippen molar-refractivity contribution in [2.75, 3.05) is 23.9 Å². The molecule has 0 heterocycles. The molecule has 3 nitrogen and oxygen atoms in total. The zero-order chi connectivity index (χ0) is 13.5. The van der Waals surface area contributed by atoms with Crippen LogP contribution < -0.4 is 4.90 Å². The number of anilines is 1. The predicted octanol–water partition coefficient (Wildman–Crippen LogP) is 3.16. The Kier molecular flexibility index (Phi) is 5.72. The van der Waals surface area contributed by atoms with Gasteiger partial charge in [-0.05, 0) is 43.2 Å². The van der Waals surface area contributed by atoms with Crippen molar-refractivity contribution >= 4 is 29.3 Å².